The third-order valence-corrected chi connectivity index (χ3v) is 3.14. The normalized spacial score (nSPS) is 9.52. The van der Waals surface area contributed by atoms with E-state index in [4.69, 9.17) is 10.5 Å². The summed E-state index contributed by atoms with van der Waals surface area (Å²) >= 11 is 0. The lowest BCUT2D eigenvalue weighted by atomic mass is 10.0. The smallest absolute Gasteiger partial charge is 0.255 e. The Labute approximate surface area is 123 Å². The number of nitrogens with zero attached hydrogens (tertiary/aromatic N) is 2. The molecule has 0 radical (unpaired) electrons. The van der Waals surface area contributed by atoms with Crippen LogP contribution in [0.2, 0.25) is 0 Å². The molecule has 0 aliphatic rings. The number of hydrogen-bond acceptors (Lipinski definition) is 3. The molecule has 0 fully saturated rings. The Morgan fingerprint density at radius 3 is 2.43 bits per heavy atom. The molecule has 0 heterocycles. The zero-order chi connectivity index (χ0) is 15.4. The number of carbonyl (C=O) groups is 1. The van der Waals surface area contributed by atoms with E-state index in [-0.39, 0.29) is 5.91 Å². The first-order valence-electron chi connectivity index (χ1n) is 6.38. The maximum atomic E-state index is 12.3. The van der Waals surface area contributed by atoms with E-state index >= 15 is 0 Å². The molecular formula is C17H13N3O. The van der Waals surface area contributed by atoms with Crippen LogP contribution in [0.25, 0.3) is 0 Å². The summed E-state index contributed by atoms with van der Waals surface area (Å²) in [5.74, 6) is -0.293. The van der Waals surface area contributed by atoms with Crippen molar-refractivity contribution in [3.05, 3.63) is 64.2 Å². The first kappa shape index (κ1) is 14.3. The molecule has 102 valence electrons. The Balaban J connectivity index is 2.33. The van der Waals surface area contributed by atoms with Crippen molar-refractivity contribution in [3.8, 4) is 12.1 Å². The van der Waals surface area contributed by atoms with Crippen molar-refractivity contribution in [2.75, 3.05) is 5.32 Å². The Bertz CT molecular complexity index is 795. The number of aryl methyl sites for hydroxylation is 2. The van der Waals surface area contributed by atoms with Crippen LogP contribution in [0.5, 0.6) is 0 Å². The number of carbonyl (C=O) groups excluding carboxylic acids is 1. The largest absolute Gasteiger partial charge is 0.321 e. The van der Waals surface area contributed by atoms with Crippen LogP contribution >= 0.6 is 0 Å². The lowest BCUT2D eigenvalue weighted by Gasteiger charge is -2.10. The third kappa shape index (κ3) is 3.08. The zero-order valence-electron chi connectivity index (χ0n) is 11.8. The second-order valence-corrected chi connectivity index (χ2v) is 4.76. The van der Waals surface area contributed by atoms with E-state index < -0.39 is 0 Å². The average molecular weight is 275 g/mol. The summed E-state index contributed by atoms with van der Waals surface area (Å²) in [6.45, 7) is 3.67. The minimum atomic E-state index is -0.293. The maximum Gasteiger partial charge on any atom is 0.255 e. The molecule has 0 bridgehead atoms. The number of nitrogens with one attached hydrogen (secondary N) is 1. The van der Waals surface area contributed by atoms with E-state index in [1.165, 1.54) is 0 Å². The van der Waals surface area contributed by atoms with Gasteiger partial charge in [-0.2, -0.15) is 10.5 Å². The summed E-state index contributed by atoms with van der Waals surface area (Å²) in [6.07, 6.45) is 0. The highest BCUT2D eigenvalue weighted by Gasteiger charge is 2.12. The van der Waals surface area contributed by atoms with Crippen molar-refractivity contribution in [1.82, 2.24) is 0 Å². The Kier molecular flexibility index (Phi) is 4.02. The number of nitriles is 2. The van der Waals surface area contributed by atoms with Crippen molar-refractivity contribution in [3.63, 3.8) is 0 Å². The standard InChI is InChI=1S/C17H13N3O/c1-11-3-5-14(10-19)16(7-11)20-17(21)15-6-4-13(9-18)8-12(15)2/h3-8H,1-2H3,(H,20,21). The summed E-state index contributed by atoms with van der Waals surface area (Å²) in [4.78, 5) is 12.3. The van der Waals surface area contributed by atoms with Crippen molar-refractivity contribution >= 4 is 11.6 Å². The molecule has 4 heteroatoms. The number of benzene rings is 2. The molecule has 1 N–H and O–H groups in total. The van der Waals surface area contributed by atoms with Crippen molar-refractivity contribution in [2.24, 2.45) is 0 Å². The van der Waals surface area contributed by atoms with Gasteiger partial charge in [0.05, 0.1) is 22.9 Å². The topological polar surface area (TPSA) is 76.7 Å². The molecule has 0 saturated heterocycles. The Morgan fingerprint density at radius 2 is 1.81 bits per heavy atom. The molecule has 0 unspecified atom stereocenters. The van der Waals surface area contributed by atoms with Crippen LogP contribution in [0.15, 0.2) is 36.4 Å². The minimum Gasteiger partial charge on any atom is -0.321 e. The molecule has 1 amide bonds. The quantitative estimate of drug-likeness (QED) is 0.913. The third-order valence-electron chi connectivity index (χ3n) is 3.14. The number of rotatable bonds is 2. The highest BCUT2D eigenvalue weighted by Crippen LogP contribution is 2.19. The monoisotopic (exact) mass is 275 g/mol. The second kappa shape index (κ2) is 5.90. The molecule has 0 atom stereocenters. The van der Waals surface area contributed by atoms with Gasteiger partial charge in [0.25, 0.3) is 5.91 Å². The predicted molar refractivity (Wildman–Crippen MR) is 79.7 cm³/mol. The van der Waals surface area contributed by atoms with Gasteiger partial charge in [0.2, 0.25) is 0 Å². The molecule has 4 nitrogen and oxygen atoms in total. The summed E-state index contributed by atoms with van der Waals surface area (Å²) < 4.78 is 0. The molecule has 21 heavy (non-hydrogen) atoms. The summed E-state index contributed by atoms with van der Waals surface area (Å²) in [5.41, 5.74) is 3.58. The molecule has 2 rings (SSSR count). The average Bonchev–Trinajstić information content (AvgIpc) is 2.47. The highest BCUT2D eigenvalue weighted by molar-refractivity contribution is 6.06. The van der Waals surface area contributed by atoms with Crippen LogP contribution < -0.4 is 5.32 Å². The molecule has 2 aromatic rings. The molecule has 0 aromatic heterocycles. The molecule has 0 aliphatic heterocycles. The maximum absolute atomic E-state index is 12.3. The van der Waals surface area contributed by atoms with Gasteiger partial charge in [-0.25, -0.2) is 0 Å². The molecule has 0 saturated carbocycles. The van der Waals surface area contributed by atoms with E-state index in [1.807, 2.05) is 19.1 Å². The number of anilines is 1. The summed E-state index contributed by atoms with van der Waals surface area (Å²) in [5, 5.41) is 20.7. The minimum absolute atomic E-state index is 0.293. The van der Waals surface area contributed by atoms with Gasteiger partial charge >= 0.3 is 0 Å². The van der Waals surface area contributed by atoms with E-state index in [1.54, 1.807) is 37.3 Å². The second-order valence-electron chi connectivity index (χ2n) is 4.76. The fourth-order valence-electron chi connectivity index (χ4n) is 2.04. The number of amides is 1. The SMILES string of the molecule is Cc1ccc(C#N)c(NC(=O)c2ccc(C#N)cc2C)c1. The van der Waals surface area contributed by atoms with Gasteiger partial charge in [0.1, 0.15) is 6.07 Å². The first-order valence-corrected chi connectivity index (χ1v) is 6.38. The van der Waals surface area contributed by atoms with Gasteiger partial charge in [-0.15, -0.1) is 0 Å². The van der Waals surface area contributed by atoms with Gasteiger partial charge in [-0.3, -0.25) is 4.79 Å². The van der Waals surface area contributed by atoms with Crippen LogP contribution in [0, 0.1) is 36.5 Å². The summed E-state index contributed by atoms with van der Waals surface area (Å²) in [6, 6.07) is 14.2. The lowest BCUT2D eigenvalue weighted by molar-refractivity contribution is 0.102. The lowest BCUT2D eigenvalue weighted by Crippen LogP contribution is -2.14. The van der Waals surface area contributed by atoms with Crippen LogP contribution in [-0.4, -0.2) is 5.91 Å². The first-order chi connectivity index (χ1) is 10.0. The van der Waals surface area contributed by atoms with E-state index in [9.17, 15) is 4.79 Å². The summed E-state index contributed by atoms with van der Waals surface area (Å²) in [7, 11) is 0. The fraction of sp³-hybridized carbons (Fsp3) is 0.118. The van der Waals surface area contributed by atoms with Gasteiger partial charge < -0.3 is 5.32 Å². The van der Waals surface area contributed by atoms with E-state index in [0.717, 1.165) is 11.1 Å². The van der Waals surface area contributed by atoms with Crippen LogP contribution in [-0.2, 0) is 0 Å². The zero-order valence-corrected chi connectivity index (χ0v) is 11.8. The van der Waals surface area contributed by atoms with Gasteiger partial charge in [-0.1, -0.05) is 6.07 Å². The predicted octanol–water partition coefficient (Wildman–Crippen LogP) is 3.30. The Morgan fingerprint density at radius 1 is 1.05 bits per heavy atom. The van der Waals surface area contributed by atoms with Gasteiger partial charge in [0, 0.05) is 5.56 Å². The highest BCUT2D eigenvalue weighted by atomic mass is 16.1. The van der Waals surface area contributed by atoms with Gasteiger partial charge in [-0.05, 0) is 55.3 Å². The fourth-order valence-corrected chi connectivity index (χ4v) is 2.04. The van der Waals surface area contributed by atoms with Crippen LogP contribution in [0.1, 0.15) is 32.6 Å². The number of hydrogen-bond donors (Lipinski definition) is 1. The molecule has 2 aromatic carbocycles. The molecule has 0 aliphatic carbocycles. The van der Waals surface area contributed by atoms with Gasteiger partial charge in [0.15, 0.2) is 0 Å². The van der Waals surface area contributed by atoms with E-state index in [2.05, 4.69) is 11.4 Å². The van der Waals surface area contributed by atoms with Crippen molar-refractivity contribution in [1.29, 1.82) is 10.5 Å². The molecular weight excluding hydrogens is 262 g/mol. The Hall–Kier alpha value is -3.11. The van der Waals surface area contributed by atoms with Crippen LogP contribution in [0.4, 0.5) is 5.69 Å². The van der Waals surface area contributed by atoms with E-state index in [0.29, 0.717) is 22.4 Å². The molecule has 0 spiro atoms. The van der Waals surface area contributed by atoms with Crippen LogP contribution in [0.3, 0.4) is 0 Å². The van der Waals surface area contributed by atoms with Crippen molar-refractivity contribution < 1.29 is 4.79 Å². The van der Waals surface area contributed by atoms with Crippen molar-refractivity contribution in [2.45, 2.75) is 13.8 Å².